The predicted octanol–water partition coefficient (Wildman–Crippen LogP) is 1.76. The van der Waals surface area contributed by atoms with Gasteiger partial charge >= 0.3 is 0 Å². The highest BCUT2D eigenvalue weighted by atomic mass is 16.2. The quantitative estimate of drug-likeness (QED) is 0.699. The molecule has 1 atom stereocenters. The van der Waals surface area contributed by atoms with Gasteiger partial charge in [0.25, 0.3) is 0 Å². The highest BCUT2D eigenvalue weighted by Gasteiger charge is 2.26. The van der Waals surface area contributed by atoms with E-state index in [1.165, 1.54) is 12.8 Å². The summed E-state index contributed by atoms with van der Waals surface area (Å²) in [5.74, 6) is 1.02. The van der Waals surface area contributed by atoms with Crippen molar-refractivity contribution in [2.24, 2.45) is 11.7 Å². The van der Waals surface area contributed by atoms with Crippen molar-refractivity contribution in [2.45, 2.75) is 52.0 Å². The van der Waals surface area contributed by atoms with Gasteiger partial charge in [0.1, 0.15) is 0 Å². The Labute approximate surface area is 93.0 Å². The molecule has 0 saturated heterocycles. The fourth-order valence-electron chi connectivity index (χ4n) is 1.70. The van der Waals surface area contributed by atoms with Crippen LogP contribution in [0.2, 0.25) is 0 Å². The maximum Gasteiger partial charge on any atom is 0.224 e. The van der Waals surface area contributed by atoms with Crippen molar-refractivity contribution in [3.8, 4) is 0 Å². The van der Waals surface area contributed by atoms with Crippen LogP contribution < -0.4 is 5.73 Å². The highest BCUT2D eigenvalue weighted by molar-refractivity contribution is 5.76. The van der Waals surface area contributed by atoms with Crippen LogP contribution in [0, 0.1) is 5.92 Å². The van der Waals surface area contributed by atoms with Crippen molar-refractivity contribution in [2.75, 3.05) is 13.1 Å². The van der Waals surface area contributed by atoms with E-state index in [0.717, 1.165) is 31.8 Å². The molecule has 0 bridgehead atoms. The van der Waals surface area contributed by atoms with E-state index in [0.29, 0.717) is 6.42 Å². The maximum atomic E-state index is 11.9. The number of nitrogens with two attached hydrogens (primary N) is 1. The molecule has 1 unspecified atom stereocenters. The average molecular weight is 212 g/mol. The first-order chi connectivity index (χ1) is 7.17. The predicted molar refractivity (Wildman–Crippen MR) is 62.5 cm³/mol. The molecular formula is C12H24N2O. The summed E-state index contributed by atoms with van der Waals surface area (Å²) in [7, 11) is 0. The molecule has 0 spiro atoms. The fourth-order valence-corrected chi connectivity index (χ4v) is 1.70. The lowest BCUT2D eigenvalue weighted by molar-refractivity contribution is -0.131. The van der Waals surface area contributed by atoms with Gasteiger partial charge in [0.2, 0.25) is 5.91 Å². The molecule has 1 fully saturated rings. The molecule has 15 heavy (non-hydrogen) atoms. The largest absolute Gasteiger partial charge is 0.342 e. The number of carbonyl (C=O) groups is 1. The van der Waals surface area contributed by atoms with E-state index >= 15 is 0 Å². The molecule has 1 rings (SSSR count). The van der Waals surface area contributed by atoms with E-state index in [9.17, 15) is 4.79 Å². The van der Waals surface area contributed by atoms with Crippen LogP contribution in [-0.2, 0) is 4.79 Å². The van der Waals surface area contributed by atoms with Crippen LogP contribution in [0.4, 0.5) is 0 Å². The minimum absolute atomic E-state index is 0.0380. The molecule has 0 radical (unpaired) electrons. The van der Waals surface area contributed by atoms with Crippen molar-refractivity contribution in [3.05, 3.63) is 0 Å². The van der Waals surface area contributed by atoms with Crippen LogP contribution in [0.3, 0.4) is 0 Å². The molecule has 1 saturated carbocycles. The summed E-state index contributed by atoms with van der Waals surface area (Å²) >= 11 is 0. The molecular weight excluding hydrogens is 188 g/mol. The molecule has 0 aromatic heterocycles. The summed E-state index contributed by atoms with van der Waals surface area (Å²) in [5.41, 5.74) is 5.81. The summed E-state index contributed by atoms with van der Waals surface area (Å²) in [6.45, 7) is 6.00. The van der Waals surface area contributed by atoms with Crippen LogP contribution in [-0.4, -0.2) is 29.9 Å². The monoisotopic (exact) mass is 212 g/mol. The van der Waals surface area contributed by atoms with Gasteiger partial charge in [-0.15, -0.1) is 0 Å². The zero-order valence-corrected chi connectivity index (χ0v) is 10.0. The first-order valence-corrected chi connectivity index (χ1v) is 6.20. The van der Waals surface area contributed by atoms with E-state index in [1.807, 2.05) is 11.8 Å². The lowest BCUT2D eigenvalue weighted by atomic mass is 10.1. The Bertz CT molecular complexity index is 202. The molecule has 88 valence electrons. The van der Waals surface area contributed by atoms with Crippen molar-refractivity contribution >= 4 is 5.91 Å². The Kier molecular flexibility index (Phi) is 5.09. The van der Waals surface area contributed by atoms with Crippen LogP contribution >= 0.6 is 0 Å². The SMILES string of the molecule is CCCN(CC1CC1)C(=O)CC(N)CC. The van der Waals surface area contributed by atoms with Gasteiger partial charge in [0.05, 0.1) is 0 Å². The number of rotatable bonds is 7. The van der Waals surface area contributed by atoms with Crippen LogP contribution in [0.25, 0.3) is 0 Å². The summed E-state index contributed by atoms with van der Waals surface area (Å²) in [6, 6.07) is 0.0380. The number of hydrogen-bond donors (Lipinski definition) is 1. The third-order valence-corrected chi connectivity index (χ3v) is 2.98. The van der Waals surface area contributed by atoms with Gasteiger partial charge < -0.3 is 10.6 Å². The van der Waals surface area contributed by atoms with Gasteiger partial charge in [-0.25, -0.2) is 0 Å². The minimum Gasteiger partial charge on any atom is -0.342 e. The summed E-state index contributed by atoms with van der Waals surface area (Å²) < 4.78 is 0. The molecule has 1 aliphatic rings. The highest BCUT2D eigenvalue weighted by Crippen LogP contribution is 2.29. The normalized spacial score (nSPS) is 17.5. The standard InChI is InChI=1S/C12H24N2O/c1-3-7-14(9-10-5-6-10)12(15)8-11(13)4-2/h10-11H,3-9,13H2,1-2H3. The maximum absolute atomic E-state index is 11.9. The Morgan fingerprint density at radius 2 is 2.13 bits per heavy atom. The molecule has 0 aromatic rings. The van der Waals surface area contributed by atoms with E-state index in [2.05, 4.69) is 6.92 Å². The van der Waals surface area contributed by atoms with Crippen molar-refractivity contribution in [1.82, 2.24) is 4.90 Å². The van der Waals surface area contributed by atoms with Gasteiger partial charge in [-0.2, -0.15) is 0 Å². The van der Waals surface area contributed by atoms with Gasteiger partial charge in [-0.1, -0.05) is 13.8 Å². The van der Waals surface area contributed by atoms with Gasteiger partial charge in [-0.3, -0.25) is 4.79 Å². The molecule has 1 amide bonds. The van der Waals surface area contributed by atoms with Crippen molar-refractivity contribution in [1.29, 1.82) is 0 Å². The van der Waals surface area contributed by atoms with Gasteiger partial charge in [0.15, 0.2) is 0 Å². The Morgan fingerprint density at radius 1 is 1.47 bits per heavy atom. The lowest BCUT2D eigenvalue weighted by Crippen LogP contribution is -2.37. The number of nitrogens with zero attached hydrogens (tertiary/aromatic N) is 1. The Balaban J connectivity index is 2.34. The van der Waals surface area contributed by atoms with Crippen LogP contribution in [0.1, 0.15) is 46.0 Å². The first-order valence-electron chi connectivity index (χ1n) is 6.20. The topological polar surface area (TPSA) is 46.3 Å². The Morgan fingerprint density at radius 3 is 2.60 bits per heavy atom. The van der Waals surface area contributed by atoms with Gasteiger partial charge in [-0.05, 0) is 31.6 Å². The van der Waals surface area contributed by atoms with Crippen molar-refractivity contribution < 1.29 is 4.79 Å². The fraction of sp³-hybridized carbons (Fsp3) is 0.917. The lowest BCUT2D eigenvalue weighted by Gasteiger charge is -2.23. The second-order valence-electron chi connectivity index (χ2n) is 4.66. The van der Waals surface area contributed by atoms with E-state index in [4.69, 9.17) is 5.73 Å². The molecule has 0 aliphatic heterocycles. The minimum atomic E-state index is 0.0380. The zero-order chi connectivity index (χ0) is 11.3. The molecule has 0 aromatic carbocycles. The van der Waals surface area contributed by atoms with Crippen LogP contribution in [0.5, 0.6) is 0 Å². The molecule has 2 N–H and O–H groups in total. The number of amides is 1. The smallest absolute Gasteiger partial charge is 0.224 e. The molecule has 3 nitrogen and oxygen atoms in total. The summed E-state index contributed by atoms with van der Waals surface area (Å²) in [6.07, 6.45) is 5.04. The molecule has 0 heterocycles. The molecule has 1 aliphatic carbocycles. The Hall–Kier alpha value is -0.570. The van der Waals surface area contributed by atoms with Crippen molar-refractivity contribution in [3.63, 3.8) is 0 Å². The van der Waals surface area contributed by atoms with Gasteiger partial charge in [0, 0.05) is 25.6 Å². The molecule has 3 heteroatoms. The average Bonchev–Trinajstić information content (AvgIpc) is 3.00. The first kappa shape index (κ1) is 12.5. The van der Waals surface area contributed by atoms with E-state index in [-0.39, 0.29) is 11.9 Å². The third-order valence-electron chi connectivity index (χ3n) is 2.98. The third kappa shape index (κ3) is 4.65. The second kappa shape index (κ2) is 6.11. The van der Waals surface area contributed by atoms with Crippen LogP contribution in [0.15, 0.2) is 0 Å². The van der Waals surface area contributed by atoms with E-state index in [1.54, 1.807) is 0 Å². The summed E-state index contributed by atoms with van der Waals surface area (Å²) in [5, 5.41) is 0. The zero-order valence-electron chi connectivity index (χ0n) is 10.0. The number of carbonyl (C=O) groups excluding carboxylic acids is 1. The summed E-state index contributed by atoms with van der Waals surface area (Å²) in [4.78, 5) is 13.9. The second-order valence-corrected chi connectivity index (χ2v) is 4.66. The number of hydrogen-bond acceptors (Lipinski definition) is 2. The van der Waals surface area contributed by atoms with E-state index < -0.39 is 0 Å².